The lowest BCUT2D eigenvalue weighted by Crippen LogP contribution is -2.36. The van der Waals surface area contributed by atoms with E-state index >= 15 is 0 Å². The minimum atomic E-state index is -0.0292. The van der Waals surface area contributed by atoms with E-state index in [1.165, 1.54) is 31.4 Å². The molecule has 2 rings (SSSR count). The van der Waals surface area contributed by atoms with Gasteiger partial charge in [-0.3, -0.25) is 9.69 Å². The van der Waals surface area contributed by atoms with Crippen molar-refractivity contribution < 1.29 is 9.53 Å². The van der Waals surface area contributed by atoms with Gasteiger partial charge in [0.15, 0.2) is 0 Å². The summed E-state index contributed by atoms with van der Waals surface area (Å²) in [7, 11) is 1.65. The molecule has 0 saturated carbocycles. The summed E-state index contributed by atoms with van der Waals surface area (Å²) < 4.78 is 4.93. The molecule has 1 unspecified atom stereocenters. The van der Waals surface area contributed by atoms with Gasteiger partial charge in [-0.05, 0) is 44.0 Å². The number of amides is 1. The largest absolute Gasteiger partial charge is 0.383 e. The number of carbonyl (C=O) groups excluding carboxylic acids is 1. The first-order valence-electron chi connectivity index (χ1n) is 8.51. The normalized spacial score (nSPS) is 17.3. The average Bonchev–Trinajstić information content (AvgIpc) is 2.55. The van der Waals surface area contributed by atoms with Crippen molar-refractivity contribution in [3.63, 3.8) is 0 Å². The van der Waals surface area contributed by atoms with Crippen LogP contribution in [0.1, 0.15) is 31.7 Å². The van der Waals surface area contributed by atoms with Gasteiger partial charge in [-0.1, -0.05) is 18.6 Å². The Labute approximate surface area is 163 Å². The Kier molecular flexibility index (Phi) is 12.9. The minimum absolute atomic E-state index is 0. The van der Waals surface area contributed by atoms with Crippen LogP contribution in [0.3, 0.4) is 0 Å². The van der Waals surface area contributed by atoms with E-state index in [1.807, 2.05) is 12.1 Å². The maximum Gasteiger partial charge on any atom is 0.238 e. The van der Waals surface area contributed by atoms with E-state index in [0.717, 1.165) is 12.2 Å². The molecule has 0 bridgehead atoms. The maximum absolute atomic E-state index is 11.8. The molecule has 0 radical (unpaired) electrons. The number of rotatable bonds is 8. The number of anilines is 1. The van der Waals surface area contributed by atoms with Crippen LogP contribution < -0.4 is 10.6 Å². The predicted octanol–water partition coefficient (Wildman–Crippen LogP) is 3.08. The predicted molar refractivity (Wildman–Crippen MR) is 108 cm³/mol. The van der Waals surface area contributed by atoms with Crippen molar-refractivity contribution in [2.24, 2.45) is 0 Å². The fraction of sp³-hybridized carbons (Fsp3) is 0.611. The zero-order valence-electron chi connectivity index (χ0n) is 15.1. The number of halogens is 2. The van der Waals surface area contributed by atoms with Crippen molar-refractivity contribution >= 4 is 36.4 Å². The fourth-order valence-electron chi connectivity index (χ4n) is 2.90. The topological polar surface area (TPSA) is 53.6 Å². The lowest BCUT2D eigenvalue weighted by Gasteiger charge is -2.33. The van der Waals surface area contributed by atoms with Gasteiger partial charge in [0.25, 0.3) is 0 Å². The van der Waals surface area contributed by atoms with E-state index in [-0.39, 0.29) is 30.7 Å². The molecule has 25 heavy (non-hydrogen) atoms. The van der Waals surface area contributed by atoms with Gasteiger partial charge in [-0.25, -0.2) is 0 Å². The summed E-state index contributed by atoms with van der Waals surface area (Å²) in [4.78, 5) is 14.3. The number of nitrogens with one attached hydrogen (secondary N) is 2. The Bertz CT molecular complexity index is 486. The van der Waals surface area contributed by atoms with Crippen molar-refractivity contribution in [2.75, 3.05) is 38.7 Å². The molecular weight excluding hydrogens is 361 g/mol. The quantitative estimate of drug-likeness (QED) is 0.668. The number of hydrogen-bond acceptors (Lipinski definition) is 4. The van der Waals surface area contributed by atoms with E-state index in [4.69, 9.17) is 4.74 Å². The van der Waals surface area contributed by atoms with Gasteiger partial charge in [0.2, 0.25) is 5.91 Å². The second kappa shape index (κ2) is 13.4. The third-order valence-corrected chi connectivity index (χ3v) is 4.33. The van der Waals surface area contributed by atoms with Gasteiger partial charge >= 0.3 is 0 Å². The Morgan fingerprint density at radius 2 is 1.96 bits per heavy atom. The lowest BCUT2D eigenvalue weighted by molar-refractivity contribution is -0.115. The molecule has 144 valence electrons. The summed E-state index contributed by atoms with van der Waals surface area (Å²) in [6.45, 7) is 6.08. The lowest BCUT2D eigenvalue weighted by atomic mass is 10.0. The van der Waals surface area contributed by atoms with Crippen LogP contribution >= 0.6 is 24.8 Å². The summed E-state index contributed by atoms with van der Waals surface area (Å²) >= 11 is 0. The van der Waals surface area contributed by atoms with Crippen LogP contribution in [0.2, 0.25) is 0 Å². The average molecular weight is 392 g/mol. The number of carbonyl (C=O) groups is 1. The molecule has 0 aromatic heterocycles. The number of piperidine rings is 1. The number of likely N-dealkylation sites (tertiary alicyclic amines) is 1. The third-order valence-electron chi connectivity index (χ3n) is 4.33. The molecule has 0 spiro atoms. The zero-order valence-corrected chi connectivity index (χ0v) is 16.8. The Morgan fingerprint density at radius 1 is 1.24 bits per heavy atom. The highest BCUT2D eigenvalue weighted by atomic mass is 35.5. The zero-order chi connectivity index (χ0) is 16.5. The SMILES string of the molecule is COCCNCC(=O)Nc1ccc(CN2CCCCC2C)cc1.Cl.Cl. The Hall–Kier alpha value is -0.850. The molecule has 7 heteroatoms. The number of benzene rings is 1. The van der Waals surface area contributed by atoms with Gasteiger partial charge < -0.3 is 15.4 Å². The van der Waals surface area contributed by atoms with Crippen molar-refractivity contribution in [2.45, 2.75) is 38.8 Å². The van der Waals surface area contributed by atoms with Gasteiger partial charge in [0.05, 0.1) is 13.2 Å². The van der Waals surface area contributed by atoms with Crippen LogP contribution in [0.5, 0.6) is 0 Å². The van der Waals surface area contributed by atoms with Gasteiger partial charge in [-0.15, -0.1) is 24.8 Å². The van der Waals surface area contributed by atoms with Crippen molar-refractivity contribution in [3.8, 4) is 0 Å². The number of nitrogens with zero attached hydrogens (tertiary/aromatic N) is 1. The standard InChI is InChI=1S/C18H29N3O2.2ClH/c1-15-5-3-4-11-21(15)14-16-6-8-17(9-7-16)20-18(22)13-19-10-12-23-2;;/h6-9,15,19H,3-5,10-14H2,1-2H3,(H,20,22);2*1H. The summed E-state index contributed by atoms with van der Waals surface area (Å²) in [5.74, 6) is -0.0292. The van der Waals surface area contributed by atoms with Crippen molar-refractivity contribution in [1.29, 1.82) is 0 Å². The van der Waals surface area contributed by atoms with Crippen LogP contribution in [0.15, 0.2) is 24.3 Å². The summed E-state index contributed by atoms with van der Waals surface area (Å²) in [6, 6.07) is 8.85. The first-order valence-corrected chi connectivity index (χ1v) is 8.51. The fourth-order valence-corrected chi connectivity index (χ4v) is 2.90. The molecule has 1 aliphatic heterocycles. The van der Waals surface area contributed by atoms with Crippen LogP contribution in [0.4, 0.5) is 5.69 Å². The molecule has 5 nitrogen and oxygen atoms in total. The van der Waals surface area contributed by atoms with Gasteiger partial charge in [0.1, 0.15) is 0 Å². The number of hydrogen-bond donors (Lipinski definition) is 2. The van der Waals surface area contributed by atoms with E-state index < -0.39 is 0 Å². The van der Waals surface area contributed by atoms with E-state index in [1.54, 1.807) is 7.11 Å². The molecule has 1 aromatic carbocycles. The van der Waals surface area contributed by atoms with E-state index in [0.29, 0.717) is 25.7 Å². The molecular formula is C18H31Cl2N3O2. The molecule has 1 fully saturated rings. The first-order chi connectivity index (χ1) is 11.2. The highest BCUT2D eigenvalue weighted by molar-refractivity contribution is 5.92. The number of methoxy groups -OCH3 is 1. The molecule has 0 aliphatic carbocycles. The third kappa shape index (κ3) is 8.88. The van der Waals surface area contributed by atoms with E-state index in [9.17, 15) is 4.79 Å². The highest BCUT2D eigenvalue weighted by Gasteiger charge is 2.17. The minimum Gasteiger partial charge on any atom is -0.383 e. The van der Waals surface area contributed by atoms with Crippen LogP contribution in [0, 0.1) is 0 Å². The van der Waals surface area contributed by atoms with Crippen LogP contribution in [-0.4, -0.2) is 50.2 Å². The molecule has 1 aliphatic rings. The Balaban J connectivity index is 0.00000288. The maximum atomic E-state index is 11.8. The van der Waals surface area contributed by atoms with Gasteiger partial charge in [0, 0.05) is 31.9 Å². The molecule has 1 saturated heterocycles. The molecule has 1 heterocycles. The molecule has 2 N–H and O–H groups in total. The smallest absolute Gasteiger partial charge is 0.238 e. The number of ether oxygens (including phenoxy) is 1. The molecule has 1 amide bonds. The highest BCUT2D eigenvalue weighted by Crippen LogP contribution is 2.19. The second-order valence-corrected chi connectivity index (χ2v) is 6.23. The van der Waals surface area contributed by atoms with Crippen LogP contribution in [-0.2, 0) is 16.1 Å². The second-order valence-electron chi connectivity index (χ2n) is 6.23. The van der Waals surface area contributed by atoms with Crippen molar-refractivity contribution in [3.05, 3.63) is 29.8 Å². The summed E-state index contributed by atoms with van der Waals surface area (Å²) in [6.07, 6.45) is 3.94. The van der Waals surface area contributed by atoms with E-state index in [2.05, 4.69) is 34.6 Å². The monoisotopic (exact) mass is 391 g/mol. The van der Waals surface area contributed by atoms with Crippen molar-refractivity contribution in [1.82, 2.24) is 10.2 Å². The molecule has 1 aromatic rings. The summed E-state index contributed by atoms with van der Waals surface area (Å²) in [5, 5.41) is 5.94. The molecule has 1 atom stereocenters. The summed E-state index contributed by atoms with van der Waals surface area (Å²) in [5.41, 5.74) is 2.15. The Morgan fingerprint density at radius 3 is 2.60 bits per heavy atom. The van der Waals surface area contributed by atoms with Gasteiger partial charge in [-0.2, -0.15) is 0 Å². The first kappa shape index (κ1) is 24.1. The van der Waals surface area contributed by atoms with Crippen LogP contribution in [0.25, 0.3) is 0 Å².